The van der Waals surface area contributed by atoms with Gasteiger partial charge in [-0.25, -0.2) is 4.98 Å². The zero-order valence-electron chi connectivity index (χ0n) is 20.9. The highest BCUT2D eigenvalue weighted by atomic mass is 16.7. The molecule has 1 saturated heterocycles. The average molecular weight is 480 g/mol. The first-order valence-electron chi connectivity index (χ1n) is 12.4. The Morgan fingerprint density at radius 1 is 1.11 bits per heavy atom. The first-order valence-corrected chi connectivity index (χ1v) is 12.4. The number of pyridine rings is 1. The second-order valence-corrected chi connectivity index (χ2v) is 9.70. The summed E-state index contributed by atoms with van der Waals surface area (Å²) in [7, 11) is 1.63. The Labute approximate surface area is 206 Å². The predicted molar refractivity (Wildman–Crippen MR) is 130 cm³/mol. The van der Waals surface area contributed by atoms with E-state index in [0.717, 1.165) is 47.4 Å². The van der Waals surface area contributed by atoms with Gasteiger partial charge >= 0.3 is 0 Å². The number of rotatable bonds is 9. The second-order valence-electron chi connectivity index (χ2n) is 9.70. The van der Waals surface area contributed by atoms with E-state index in [-0.39, 0.29) is 6.10 Å². The minimum absolute atomic E-state index is 0.0660. The summed E-state index contributed by atoms with van der Waals surface area (Å²) < 4.78 is 28.5. The van der Waals surface area contributed by atoms with Crippen molar-refractivity contribution in [3.63, 3.8) is 0 Å². The fourth-order valence-electron chi connectivity index (χ4n) is 4.48. The maximum Gasteiger partial charge on any atom is 0.258 e. The van der Waals surface area contributed by atoms with Crippen LogP contribution in [0.3, 0.4) is 0 Å². The molecule has 186 valence electrons. The molecule has 8 nitrogen and oxygen atoms in total. The number of methoxy groups -OCH3 is 1. The van der Waals surface area contributed by atoms with Crippen molar-refractivity contribution in [1.82, 2.24) is 15.1 Å². The summed E-state index contributed by atoms with van der Waals surface area (Å²) in [6, 6.07) is 10.1. The molecule has 0 spiro atoms. The lowest BCUT2D eigenvalue weighted by atomic mass is 9.82. The maximum absolute atomic E-state index is 6.07. The monoisotopic (exact) mass is 479 g/mol. The smallest absolute Gasteiger partial charge is 0.258 e. The molecule has 5 rings (SSSR count). The molecule has 0 amide bonds. The molecule has 3 heterocycles. The van der Waals surface area contributed by atoms with Crippen molar-refractivity contribution in [2.24, 2.45) is 0 Å². The zero-order valence-corrected chi connectivity index (χ0v) is 20.9. The molecular weight excluding hydrogens is 446 g/mol. The fraction of sp³-hybridized carbons (Fsp3) is 0.519. The minimum atomic E-state index is -0.547. The van der Waals surface area contributed by atoms with Crippen LogP contribution in [0.15, 0.2) is 34.9 Å². The van der Waals surface area contributed by atoms with E-state index >= 15 is 0 Å². The molecule has 0 radical (unpaired) electrons. The Hall–Kier alpha value is -2.97. The Kier molecular flexibility index (Phi) is 6.75. The largest absolute Gasteiger partial charge is 0.491 e. The molecular formula is C27H33N3O5. The van der Waals surface area contributed by atoms with Crippen LogP contribution in [-0.4, -0.2) is 47.3 Å². The van der Waals surface area contributed by atoms with Crippen molar-refractivity contribution < 1.29 is 23.5 Å². The molecule has 1 aromatic carbocycles. The van der Waals surface area contributed by atoms with Crippen molar-refractivity contribution in [1.29, 1.82) is 0 Å². The quantitative estimate of drug-likeness (QED) is 0.419. The molecule has 0 unspecified atom stereocenters. The van der Waals surface area contributed by atoms with Crippen LogP contribution < -0.4 is 9.47 Å². The van der Waals surface area contributed by atoms with Crippen LogP contribution in [0.2, 0.25) is 0 Å². The van der Waals surface area contributed by atoms with Gasteiger partial charge in [0, 0.05) is 29.7 Å². The molecule has 2 fully saturated rings. The standard InChI is InChI=1S/C27H33N3O5/c1-5-18-11-17(9-10-23(18)32-15-21-16-33-27(2,3)34-21)12-24-29-26(35-30-24)20-13-22(19-7-6-8-19)28-25(14-20)31-4/h9-11,13-14,19,21H,5-8,12,15-16H2,1-4H3/t21-/m1/s1. The molecule has 0 N–H and O–H groups in total. The minimum Gasteiger partial charge on any atom is -0.491 e. The lowest BCUT2D eigenvalue weighted by Gasteiger charge is -2.25. The zero-order chi connectivity index (χ0) is 24.4. The fourth-order valence-corrected chi connectivity index (χ4v) is 4.48. The number of hydrogen-bond acceptors (Lipinski definition) is 8. The van der Waals surface area contributed by atoms with Crippen molar-refractivity contribution in [2.45, 2.75) is 70.7 Å². The summed E-state index contributed by atoms with van der Waals surface area (Å²) in [5, 5.41) is 4.22. The van der Waals surface area contributed by atoms with E-state index in [1.807, 2.05) is 38.1 Å². The third kappa shape index (κ3) is 5.49. The lowest BCUT2D eigenvalue weighted by molar-refractivity contribution is -0.141. The van der Waals surface area contributed by atoms with E-state index in [4.69, 9.17) is 23.5 Å². The molecule has 2 aliphatic rings. The highest BCUT2D eigenvalue weighted by molar-refractivity contribution is 5.55. The van der Waals surface area contributed by atoms with Gasteiger partial charge in [0.05, 0.1) is 13.7 Å². The third-order valence-electron chi connectivity index (χ3n) is 6.63. The third-order valence-corrected chi connectivity index (χ3v) is 6.63. The summed E-state index contributed by atoms with van der Waals surface area (Å²) in [6.07, 6.45) is 4.93. The van der Waals surface area contributed by atoms with Gasteiger partial charge in [0.2, 0.25) is 5.88 Å². The van der Waals surface area contributed by atoms with Crippen molar-refractivity contribution in [2.75, 3.05) is 20.3 Å². The number of aromatic nitrogens is 3. The van der Waals surface area contributed by atoms with Gasteiger partial charge in [-0.3, -0.25) is 0 Å². The van der Waals surface area contributed by atoms with E-state index < -0.39 is 5.79 Å². The summed E-state index contributed by atoms with van der Waals surface area (Å²) in [5.74, 6) is 2.50. The first-order chi connectivity index (χ1) is 16.9. The Morgan fingerprint density at radius 2 is 1.97 bits per heavy atom. The van der Waals surface area contributed by atoms with E-state index in [2.05, 4.69) is 28.1 Å². The number of nitrogens with zero attached hydrogens (tertiary/aromatic N) is 3. The number of hydrogen-bond donors (Lipinski definition) is 0. The van der Waals surface area contributed by atoms with Crippen LogP contribution in [0, 0.1) is 0 Å². The van der Waals surface area contributed by atoms with Crippen LogP contribution in [0.25, 0.3) is 11.5 Å². The van der Waals surface area contributed by atoms with Crippen LogP contribution in [0.4, 0.5) is 0 Å². The molecule has 0 bridgehead atoms. The molecule has 1 aliphatic carbocycles. The van der Waals surface area contributed by atoms with Gasteiger partial charge in [0.1, 0.15) is 18.5 Å². The van der Waals surface area contributed by atoms with Crippen LogP contribution in [-0.2, 0) is 22.3 Å². The predicted octanol–water partition coefficient (Wildman–Crippen LogP) is 5.09. The molecule has 1 saturated carbocycles. The van der Waals surface area contributed by atoms with Gasteiger partial charge < -0.3 is 23.5 Å². The Morgan fingerprint density at radius 3 is 2.66 bits per heavy atom. The van der Waals surface area contributed by atoms with E-state index in [0.29, 0.717) is 43.1 Å². The summed E-state index contributed by atoms with van der Waals surface area (Å²) in [4.78, 5) is 9.26. The molecule has 35 heavy (non-hydrogen) atoms. The van der Waals surface area contributed by atoms with Gasteiger partial charge in [-0.1, -0.05) is 30.6 Å². The van der Waals surface area contributed by atoms with Crippen LogP contribution in [0.5, 0.6) is 11.6 Å². The number of ether oxygens (including phenoxy) is 4. The molecule has 1 atom stereocenters. The highest BCUT2D eigenvalue weighted by Crippen LogP contribution is 2.37. The van der Waals surface area contributed by atoms with Crippen molar-refractivity contribution >= 4 is 0 Å². The van der Waals surface area contributed by atoms with Gasteiger partial charge in [0.15, 0.2) is 11.6 Å². The normalized spacial score (nSPS) is 19.5. The average Bonchev–Trinajstić information content (AvgIpc) is 3.42. The number of aryl methyl sites for hydroxylation is 1. The van der Waals surface area contributed by atoms with Gasteiger partial charge in [-0.15, -0.1) is 0 Å². The van der Waals surface area contributed by atoms with E-state index in [1.165, 1.54) is 6.42 Å². The van der Waals surface area contributed by atoms with Crippen molar-refractivity contribution in [3.05, 3.63) is 53.0 Å². The van der Waals surface area contributed by atoms with E-state index in [1.54, 1.807) is 7.11 Å². The summed E-state index contributed by atoms with van der Waals surface area (Å²) in [5.41, 5.74) is 4.11. The lowest BCUT2D eigenvalue weighted by Crippen LogP contribution is -2.25. The molecule has 2 aromatic heterocycles. The van der Waals surface area contributed by atoms with Gasteiger partial charge in [0.25, 0.3) is 5.89 Å². The van der Waals surface area contributed by atoms with Gasteiger partial charge in [-0.05, 0) is 56.4 Å². The molecule has 8 heteroatoms. The topological polar surface area (TPSA) is 88.7 Å². The molecule has 1 aliphatic heterocycles. The highest BCUT2D eigenvalue weighted by Gasteiger charge is 2.33. The Bertz CT molecular complexity index is 1170. The maximum atomic E-state index is 6.07. The van der Waals surface area contributed by atoms with Crippen LogP contribution in [0.1, 0.15) is 68.6 Å². The van der Waals surface area contributed by atoms with Crippen LogP contribution >= 0.6 is 0 Å². The molecule has 3 aromatic rings. The van der Waals surface area contributed by atoms with Crippen molar-refractivity contribution in [3.8, 4) is 23.1 Å². The summed E-state index contributed by atoms with van der Waals surface area (Å²) >= 11 is 0. The summed E-state index contributed by atoms with van der Waals surface area (Å²) in [6.45, 7) is 6.95. The SMILES string of the molecule is CCc1cc(Cc2noc(-c3cc(OC)nc(C4CCC4)c3)n2)ccc1OC[C@@H]1COC(C)(C)O1. The first kappa shape index (κ1) is 23.8. The second kappa shape index (κ2) is 9.95. The van der Waals surface area contributed by atoms with Gasteiger partial charge in [-0.2, -0.15) is 4.98 Å². The van der Waals surface area contributed by atoms with E-state index in [9.17, 15) is 0 Å². The number of benzene rings is 1. The Balaban J connectivity index is 1.27.